The Morgan fingerprint density at radius 3 is 2.28 bits per heavy atom. The largest absolute Gasteiger partial charge is 0.484 e. The Hall–Kier alpha value is -5.20. The maximum absolute atomic E-state index is 15.4. The van der Waals surface area contributed by atoms with Gasteiger partial charge in [0.25, 0.3) is 11.8 Å². The number of carbonyl (C=O) groups is 5. The third kappa shape index (κ3) is 8.93. The molecule has 1 aromatic heterocycles. The van der Waals surface area contributed by atoms with Gasteiger partial charge in [0.15, 0.2) is 6.61 Å². The molecule has 2 aliphatic rings. The van der Waals surface area contributed by atoms with Crippen molar-refractivity contribution in [2.24, 2.45) is 5.92 Å². The molecule has 3 heterocycles. The first kappa shape index (κ1) is 33.7. The molecule has 2 bridgehead atoms. The van der Waals surface area contributed by atoms with Crippen LogP contribution in [0.3, 0.4) is 0 Å². The Labute approximate surface area is 264 Å². The Morgan fingerprint density at radius 2 is 1.63 bits per heavy atom. The molecular formula is C33H35F2N5O6. The highest BCUT2D eigenvalue weighted by atomic mass is 19.3. The molecule has 4 amide bonds. The van der Waals surface area contributed by atoms with Crippen molar-refractivity contribution in [1.82, 2.24) is 26.3 Å². The van der Waals surface area contributed by atoms with Gasteiger partial charge in [0, 0.05) is 31.8 Å². The van der Waals surface area contributed by atoms with Gasteiger partial charge in [0.2, 0.25) is 17.6 Å². The number of fused-ring (bicyclic) bond motifs is 13. The van der Waals surface area contributed by atoms with Crippen LogP contribution in [-0.2, 0) is 43.4 Å². The minimum atomic E-state index is -4.49. The summed E-state index contributed by atoms with van der Waals surface area (Å²) in [5.74, 6) is -10.7. The van der Waals surface area contributed by atoms with Gasteiger partial charge in [-0.3, -0.25) is 29.0 Å². The molecule has 242 valence electrons. The van der Waals surface area contributed by atoms with E-state index in [0.29, 0.717) is 16.7 Å². The predicted octanol–water partition coefficient (Wildman–Crippen LogP) is 1.89. The number of nitrogens with zero attached hydrogens (tertiary/aromatic N) is 1. The number of nitrogens with one attached hydrogen (secondary N) is 4. The van der Waals surface area contributed by atoms with Crippen LogP contribution in [0.5, 0.6) is 5.75 Å². The monoisotopic (exact) mass is 635 g/mol. The number of alkyl halides is 2. The van der Waals surface area contributed by atoms with Gasteiger partial charge >= 0.3 is 5.92 Å². The van der Waals surface area contributed by atoms with E-state index in [1.165, 1.54) is 30.5 Å². The number of benzene rings is 2. The van der Waals surface area contributed by atoms with Crippen LogP contribution in [0, 0.1) is 5.92 Å². The van der Waals surface area contributed by atoms with E-state index >= 15 is 8.78 Å². The second kappa shape index (κ2) is 15.2. The summed E-state index contributed by atoms with van der Waals surface area (Å²) in [5.41, 5.74) is 1.54. The molecule has 3 atom stereocenters. The van der Waals surface area contributed by atoms with Gasteiger partial charge in [0.1, 0.15) is 17.8 Å². The lowest BCUT2D eigenvalue weighted by atomic mass is 9.96. The summed E-state index contributed by atoms with van der Waals surface area (Å²) in [5, 5.41) is 9.64. The fourth-order valence-corrected chi connectivity index (χ4v) is 4.79. The maximum Gasteiger partial charge on any atom is 0.383 e. The molecule has 5 rings (SSSR count). The smallest absolute Gasteiger partial charge is 0.383 e. The number of rotatable bonds is 8. The fraction of sp³-hybridized carbons (Fsp3) is 0.333. The van der Waals surface area contributed by atoms with Gasteiger partial charge < -0.3 is 26.0 Å². The number of hydrogen-bond donors (Lipinski definition) is 4. The molecule has 0 aliphatic carbocycles. The number of carbonyl (C=O) groups excluding carboxylic acids is 5. The number of ether oxygens (including phenoxy) is 1. The van der Waals surface area contributed by atoms with Crippen LogP contribution in [0.4, 0.5) is 8.78 Å². The summed E-state index contributed by atoms with van der Waals surface area (Å²) in [7, 11) is 0. The number of hydrogen-bond acceptors (Lipinski definition) is 7. The highest BCUT2D eigenvalue weighted by Crippen LogP contribution is 2.22. The van der Waals surface area contributed by atoms with E-state index in [1.807, 2.05) is 0 Å². The third-order valence-electron chi connectivity index (χ3n) is 7.32. The molecule has 0 fully saturated rings. The van der Waals surface area contributed by atoms with Crippen LogP contribution < -0.4 is 26.0 Å². The molecule has 11 nitrogen and oxygen atoms in total. The van der Waals surface area contributed by atoms with E-state index < -0.39 is 72.4 Å². The standard InChI is InChI=1S/C33H35F2N5O6/c1-20(2)28-31(44)39-25(29(42)33(34,35)32(45)37-18-22-7-4-3-5-8-22)15-21-10-12-24(13-11-21)46-19-27(41)38-26(30(43)40-28)16-23-9-6-14-36-17-23/h3-14,17,20,25-26,28H,15-16,18-19H2,1-2H3,(H,37,45)(H,38,41)(H,39,44)(H,40,43). The predicted molar refractivity (Wildman–Crippen MR) is 162 cm³/mol. The molecule has 13 heteroatoms. The minimum Gasteiger partial charge on any atom is -0.484 e. The van der Waals surface area contributed by atoms with Crippen LogP contribution in [0.2, 0.25) is 0 Å². The van der Waals surface area contributed by atoms with Gasteiger partial charge in [-0.05, 0) is 40.8 Å². The lowest BCUT2D eigenvalue weighted by molar-refractivity contribution is -0.160. The van der Waals surface area contributed by atoms with Crippen molar-refractivity contribution >= 4 is 29.4 Å². The molecule has 0 radical (unpaired) electrons. The topological polar surface area (TPSA) is 156 Å². The first-order chi connectivity index (χ1) is 21.9. The molecular weight excluding hydrogens is 600 g/mol. The number of pyridine rings is 1. The van der Waals surface area contributed by atoms with Crippen molar-refractivity contribution in [3.05, 3.63) is 95.8 Å². The molecule has 0 saturated heterocycles. The van der Waals surface area contributed by atoms with Gasteiger partial charge in [-0.25, -0.2) is 0 Å². The Bertz CT molecular complexity index is 1540. The van der Waals surface area contributed by atoms with E-state index in [1.54, 1.807) is 62.5 Å². The summed E-state index contributed by atoms with van der Waals surface area (Å²) < 4.78 is 36.3. The summed E-state index contributed by atoms with van der Waals surface area (Å²) in [4.78, 5) is 69.7. The van der Waals surface area contributed by atoms with Crippen molar-refractivity contribution in [3.63, 3.8) is 0 Å². The van der Waals surface area contributed by atoms with Gasteiger partial charge in [-0.2, -0.15) is 8.78 Å². The molecule has 4 N–H and O–H groups in total. The van der Waals surface area contributed by atoms with Gasteiger partial charge in [-0.1, -0.05) is 62.4 Å². The second-order valence-corrected chi connectivity index (χ2v) is 11.2. The van der Waals surface area contributed by atoms with Crippen molar-refractivity contribution in [2.75, 3.05) is 6.61 Å². The first-order valence-corrected chi connectivity index (χ1v) is 14.7. The fourth-order valence-electron chi connectivity index (χ4n) is 4.79. The lowest BCUT2D eigenvalue weighted by Crippen LogP contribution is -2.60. The normalized spacial score (nSPS) is 19.4. The van der Waals surface area contributed by atoms with E-state index in [4.69, 9.17) is 4.74 Å². The zero-order chi connectivity index (χ0) is 33.3. The summed E-state index contributed by atoms with van der Waals surface area (Å²) in [6.07, 6.45) is 2.70. The molecule has 2 aromatic carbocycles. The van der Waals surface area contributed by atoms with E-state index in [2.05, 4.69) is 26.3 Å². The van der Waals surface area contributed by atoms with Crippen LogP contribution in [0.25, 0.3) is 0 Å². The Balaban J connectivity index is 1.62. The van der Waals surface area contributed by atoms with E-state index in [-0.39, 0.29) is 18.7 Å². The van der Waals surface area contributed by atoms with E-state index in [0.717, 1.165) is 0 Å². The SMILES string of the molecule is CC(C)C1NC(=O)C(Cc2cccnc2)NC(=O)COc2ccc(cc2)CC(C(=O)C(F)(F)C(=O)NCc2ccccc2)NC1=O. The third-order valence-corrected chi connectivity index (χ3v) is 7.32. The Morgan fingerprint density at radius 1 is 0.935 bits per heavy atom. The molecule has 0 spiro atoms. The summed E-state index contributed by atoms with van der Waals surface area (Å²) in [6, 6.07) is 13.4. The maximum atomic E-state index is 15.4. The highest BCUT2D eigenvalue weighted by Gasteiger charge is 2.50. The number of halogens is 2. The van der Waals surface area contributed by atoms with Crippen molar-refractivity contribution < 1.29 is 37.5 Å². The molecule has 3 unspecified atom stereocenters. The van der Waals surface area contributed by atoms with Gasteiger partial charge in [-0.15, -0.1) is 0 Å². The average molecular weight is 636 g/mol. The zero-order valence-electron chi connectivity index (χ0n) is 25.3. The van der Waals surface area contributed by atoms with Crippen molar-refractivity contribution in [3.8, 4) is 5.75 Å². The second-order valence-electron chi connectivity index (χ2n) is 11.2. The van der Waals surface area contributed by atoms with Crippen LogP contribution >= 0.6 is 0 Å². The van der Waals surface area contributed by atoms with Crippen LogP contribution in [0.1, 0.15) is 30.5 Å². The molecule has 46 heavy (non-hydrogen) atoms. The van der Waals surface area contributed by atoms with Gasteiger partial charge in [0.05, 0.1) is 6.04 Å². The lowest BCUT2D eigenvalue weighted by Gasteiger charge is -2.28. The average Bonchev–Trinajstić information content (AvgIpc) is 3.04. The highest BCUT2D eigenvalue weighted by molar-refractivity contribution is 6.10. The molecule has 2 aliphatic heterocycles. The van der Waals surface area contributed by atoms with Crippen molar-refractivity contribution in [2.45, 2.75) is 57.3 Å². The first-order valence-electron chi connectivity index (χ1n) is 14.7. The quantitative estimate of drug-likeness (QED) is 0.218. The van der Waals surface area contributed by atoms with Crippen LogP contribution in [0.15, 0.2) is 79.1 Å². The Kier molecular flexibility index (Phi) is 11.1. The van der Waals surface area contributed by atoms with Crippen molar-refractivity contribution in [1.29, 1.82) is 0 Å². The number of ketones is 1. The van der Waals surface area contributed by atoms with E-state index in [9.17, 15) is 24.0 Å². The zero-order valence-corrected chi connectivity index (χ0v) is 25.3. The number of amides is 4. The number of aromatic nitrogens is 1. The molecule has 3 aromatic rings. The summed E-state index contributed by atoms with van der Waals surface area (Å²) in [6.45, 7) is 2.56. The minimum absolute atomic E-state index is 0.0258. The number of Topliss-reactive ketones (excluding diaryl/α,β-unsaturated/α-hetero) is 1. The molecule has 0 saturated carbocycles. The summed E-state index contributed by atoms with van der Waals surface area (Å²) >= 11 is 0. The van der Waals surface area contributed by atoms with Crippen LogP contribution in [-0.4, -0.2) is 65.1 Å².